The summed E-state index contributed by atoms with van der Waals surface area (Å²) in [6.07, 6.45) is 0.337. The van der Waals surface area contributed by atoms with Crippen molar-refractivity contribution in [3.8, 4) is 0 Å². The second kappa shape index (κ2) is 6.83. The van der Waals surface area contributed by atoms with E-state index in [0.29, 0.717) is 17.1 Å². The van der Waals surface area contributed by atoms with Crippen LogP contribution in [0, 0.1) is 6.92 Å². The molecule has 2 rings (SSSR count). The molecule has 3 nitrogen and oxygen atoms in total. The highest BCUT2D eigenvalue weighted by Crippen LogP contribution is 2.24. The number of rotatable bonds is 4. The lowest BCUT2D eigenvalue weighted by atomic mass is 10.1. The Labute approximate surface area is 137 Å². The zero-order valence-corrected chi connectivity index (χ0v) is 13.9. The fourth-order valence-electron chi connectivity index (χ4n) is 1.86. The molecule has 0 fully saturated rings. The van der Waals surface area contributed by atoms with E-state index < -0.39 is 0 Å². The highest BCUT2D eigenvalue weighted by molar-refractivity contribution is 9.10. The molecule has 0 aliphatic rings. The Kier molecular flexibility index (Phi) is 5.09. The molecule has 0 aliphatic heterocycles. The maximum atomic E-state index is 12.1. The molecule has 0 aliphatic carbocycles. The van der Waals surface area contributed by atoms with Gasteiger partial charge in [0.2, 0.25) is 5.91 Å². The number of carbonyl (C=O) groups excluding carboxylic acids is 1. The third-order valence-electron chi connectivity index (χ3n) is 3.01. The van der Waals surface area contributed by atoms with Gasteiger partial charge < -0.3 is 11.1 Å². The van der Waals surface area contributed by atoms with E-state index in [2.05, 4.69) is 21.2 Å². The lowest BCUT2D eigenvalue weighted by molar-refractivity contribution is -0.115. The van der Waals surface area contributed by atoms with Crippen LogP contribution in [0.25, 0.3) is 0 Å². The molecule has 2 aromatic carbocycles. The highest BCUT2D eigenvalue weighted by Gasteiger charge is 2.08. The molecule has 0 bridgehead atoms. The fraction of sp³-hybridized carbons (Fsp3) is 0.125. The topological polar surface area (TPSA) is 55.1 Å². The number of benzene rings is 2. The number of aryl methyl sites for hydroxylation is 1. The molecule has 5 heteroatoms. The number of halogens is 1. The van der Waals surface area contributed by atoms with Crippen LogP contribution in [-0.2, 0) is 11.2 Å². The van der Waals surface area contributed by atoms with E-state index >= 15 is 0 Å². The molecule has 0 radical (unpaired) electrons. The first-order valence-corrected chi connectivity index (χ1v) is 7.60. The van der Waals surface area contributed by atoms with E-state index in [-0.39, 0.29) is 5.91 Å². The van der Waals surface area contributed by atoms with Gasteiger partial charge in [-0.3, -0.25) is 4.79 Å². The Morgan fingerprint density at radius 1 is 1.24 bits per heavy atom. The van der Waals surface area contributed by atoms with Crippen LogP contribution >= 0.6 is 28.1 Å². The monoisotopic (exact) mass is 362 g/mol. The molecular weight excluding hydrogens is 348 g/mol. The average Bonchev–Trinajstić information content (AvgIpc) is 2.43. The summed E-state index contributed by atoms with van der Waals surface area (Å²) >= 11 is 8.33. The van der Waals surface area contributed by atoms with Crippen molar-refractivity contribution in [2.24, 2.45) is 5.73 Å². The second-order valence-electron chi connectivity index (χ2n) is 4.77. The second-order valence-corrected chi connectivity index (χ2v) is 6.06. The molecule has 0 unspecified atom stereocenters. The first kappa shape index (κ1) is 15.7. The van der Waals surface area contributed by atoms with Gasteiger partial charge in [-0.15, -0.1) is 0 Å². The van der Waals surface area contributed by atoms with Gasteiger partial charge in [-0.1, -0.05) is 42.0 Å². The SMILES string of the molecule is Cc1ccc(CC(=O)Nc2ccc(C(N)=S)cc2Br)cc1. The standard InChI is InChI=1S/C16H15BrN2OS/c1-10-2-4-11(5-3-10)8-15(20)19-14-7-6-12(16(18)21)9-13(14)17/h2-7,9H,8H2,1H3,(H2,18,21)(H,19,20). The Morgan fingerprint density at radius 2 is 1.90 bits per heavy atom. The number of nitrogens with two attached hydrogens (primary N) is 1. The van der Waals surface area contributed by atoms with Gasteiger partial charge >= 0.3 is 0 Å². The quantitative estimate of drug-likeness (QED) is 0.817. The van der Waals surface area contributed by atoms with Gasteiger partial charge in [-0.2, -0.15) is 0 Å². The summed E-state index contributed by atoms with van der Waals surface area (Å²) in [5, 5.41) is 2.87. The van der Waals surface area contributed by atoms with Crippen LogP contribution < -0.4 is 11.1 Å². The number of carbonyl (C=O) groups is 1. The maximum Gasteiger partial charge on any atom is 0.228 e. The van der Waals surface area contributed by atoms with Crippen molar-refractivity contribution >= 4 is 44.7 Å². The van der Waals surface area contributed by atoms with E-state index in [9.17, 15) is 4.79 Å². The average molecular weight is 363 g/mol. The Bertz CT molecular complexity index is 683. The van der Waals surface area contributed by atoms with Gasteiger partial charge in [-0.25, -0.2) is 0 Å². The van der Waals surface area contributed by atoms with Crippen LogP contribution in [-0.4, -0.2) is 10.9 Å². The van der Waals surface area contributed by atoms with Crippen molar-refractivity contribution < 1.29 is 4.79 Å². The van der Waals surface area contributed by atoms with Crippen LogP contribution in [0.4, 0.5) is 5.69 Å². The van der Waals surface area contributed by atoms with Gasteiger partial charge in [0.25, 0.3) is 0 Å². The van der Waals surface area contributed by atoms with Crippen molar-refractivity contribution in [1.29, 1.82) is 0 Å². The lowest BCUT2D eigenvalue weighted by Crippen LogP contribution is -2.15. The molecule has 0 heterocycles. The minimum absolute atomic E-state index is 0.0670. The van der Waals surface area contributed by atoms with Crippen LogP contribution in [0.15, 0.2) is 46.9 Å². The first-order valence-electron chi connectivity index (χ1n) is 6.40. The summed E-state index contributed by atoms with van der Waals surface area (Å²) in [6.45, 7) is 2.02. The summed E-state index contributed by atoms with van der Waals surface area (Å²) in [6, 6.07) is 13.3. The van der Waals surface area contributed by atoms with E-state index in [1.165, 1.54) is 5.56 Å². The summed E-state index contributed by atoms with van der Waals surface area (Å²) in [7, 11) is 0. The lowest BCUT2D eigenvalue weighted by Gasteiger charge is -2.09. The van der Waals surface area contributed by atoms with Gasteiger partial charge in [0.15, 0.2) is 0 Å². The number of nitrogens with one attached hydrogen (secondary N) is 1. The molecule has 1 amide bonds. The van der Waals surface area contributed by atoms with Crippen LogP contribution in [0.2, 0.25) is 0 Å². The van der Waals surface area contributed by atoms with E-state index in [1.807, 2.05) is 31.2 Å². The smallest absolute Gasteiger partial charge is 0.228 e. The fourth-order valence-corrected chi connectivity index (χ4v) is 2.46. The Morgan fingerprint density at radius 3 is 2.48 bits per heavy atom. The van der Waals surface area contributed by atoms with Crippen LogP contribution in [0.1, 0.15) is 16.7 Å². The van der Waals surface area contributed by atoms with Crippen LogP contribution in [0.3, 0.4) is 0 Å². The van der Waals surface area contributed by atoms with Gasteiger partial charge in [-0.05, 0) is 46.6 Å². The molecule has 3 N–H and O–H groups in total. The molecule has 0 saturated carbocycles. The molecule has 0 saturated heterocycles. The Balaban J connectivity index is 2.06. The number of hydrogen-bond donors (Lipinski definition) is 2. The zero-order valence-electron chi connectivity index (χ0n) is 11.5. The van der Waals surface area contributed by atoms with Crippen molar-refractivity contribution in [1.82, 2.24) is 0 Å². The van der Waals surface area contributed by atoms with Crippen molar-refractivity contribution in [2.75, 3.05) is 5.32 Å². The summed E-state index contributed by atoms with van der Waals surface area (Å²) in [5.41, 5.74) is 9.19. The Hall–Kier alpha value is -1.72. The van der Waals surface area contributed by atoms with Gasteiger partial charge in [0.05, 0.1) is 12.1 Å². The predicted octanol–water partition coefficient (Wildman–Crippen LogP) is 3.57. The number of thiocarbonyl (C=S) groups is 1. The summed E-state index contributed by atoms with van der Waals surface area (Å²) in [4.78, 5) is 12.4. The minimum atomic E-state index is -0.0670. The van der Waals surface area contributed by atoms with E-state index in [1.54, 1.807) is 18.2 Å². The number of amides is 1. The molecule has 108 valence electrons. The van der Waals surface area contributed by atoms with E-state index in [4.69, 9.17) is 18.0 Å². The third-order valence-corrected chi connectivity index (χ3v) is 3.90. The maximum absolute atomic E-state index is 12.1. The molecule has 0 atom stereocenters. The molecule has 0 spiro atoms. The normalized spacial score (nSPS) is 10.2. The number of anilines is 1. The first-order chi connectivity index (χ1) is 9.95. The van der Waals surface area contributed by atoms with Crippen molar-refractivity contribution in [3.05, 3.63) is 63.6 Å². The highest BCUT2D eigenvalue weighted by atomic mass is 79.9. The minimum Gasteiger partial charge on any atom is -0.389 e. The van der Waals surface area contributed by atoms with Crippen LogP contribution in [0.5, 0.6) is 0 Å². The largest absolute Gasteiger partial charge is 0.389 e. The third kappa shape index (κ3) is 4.37. The number of hydrogen-bond acceptors (Lipinski definition) is 2. The van der Waals surface area contributed by atoms with Gasteiger partial charge in [0, 0.05) is 10.0 Å². The van der Waals surface area contributed by atoms with Crippen molar-refractivity contribution in [3.63, 3.8) is 0 Å². The van der Waals surface area contributed by atoms with E-state index in [0.717, 1.165) is 15.6 Å². The molecule has 2 aromatic rings. The summed E-state index contributed by atoms with van der Waals surface area (Å²) in [5.74, 6) is -0.0670. The predicted molar refractivity (Wildman–Crippen MR) is 93.5 cm³/mol. The zero-order chi connectivity index (χ0) is 15.4. The van der Waals surface area contributed by atoms with Crippen molar-refractivity contribution in [2.45, 2.75) is 13.3 Å². The van der Waals surface area contributed by atoms with Gasteiger partial charge in [0.1, 0.15) is 4.99 Å². The summed E-state index contributed by atoms with van der Waals surface area (Å²) < 4.78 is 0.755. The molecular formula is C16H15BrN2OS. The molecule has 21 heavy (non-hydrogen) atoms. The molecule has 0 aromatic heterocycles.